The molecule has 0 aliphatic carbocycles. The molecule has 0 saturated carbocycles. The number of hydrogen-bond acceptors (Lipinski definition) is 2. The fraction of sp³-hybridized carbons (Fsp3) is 0.200. The maximum absolute atomic E-state index is 12.5. The Hall–Kier alpha value is -1.83. The van der Waals surface area contributed by atoms with Crippen LogP contribution >= 0.6 is 0 Å². The van der Waals surface area contributed by atoms with Gasteiger partial charge in [0.15, 0.2) is 5.78 Å². The molecule has 0 aliphatic rings. The van der Waals surface area contributed by atoms with Crippen LogP contribution in [0.3, 0.4) is 0 Å². The molecule has 0 unspecified atom stereocenters. The summed E-state index contributed by atoms with van der Waals surface area (Å²) in [4.78, 5) is 11.0. The Bertz CT molecular complexity index is 443. The van der Waals surface area contributed by atoms with Crippen LogP contribution in [-0.2, 0) is 6.18 Å². The smallest absolute Gasteiger partial charge is 0.294 e. The van der Waals surface area contributed by atoms with Gasteiger partial charge >= 0.3 is 6.18 Å². The van der Waals surface area contributed by atoms with Crippen LogP contribution in [-0.4, -0.2) is 5.78 Å². The molecular formula is C10H6F3NO. The second-order valence-electron chi connectivity index (χ2n) is 2.89. The Labute approximate surface area is 83.9 Å². The number of nitrogens with zero attached hydrogens (tertiary/aromatic N) is 1. The number of ketones is 1. The van der Waals surface area contributed by atoms with E-state index in [1.807, 2.05) is 0 Å². The van der Waals surface area contributed by atoms with Crippen LogP contribution in [0.15, 0.2) is 18.2 Å². The van der Waals surface area contributed by atoms with Gasteiger partial charge in [0.25, 0.3) is 0 Å². The summed E-state index contributed by atoms with van der Waals surface area (Å²) in [7, 11) is 0. The highest BCUT2D eigenvalue weighted by atomic mass is 19.4. The summed E-state index contributed by atoms with van der Waals surface area (Å²) >= 11 is 0. The number of carbonyl (C=O) groups excluding carboxylic acids is 1. The molecule has 0 spiro atoms. The van der Waals surface area contributed by atoms with Gasteiger partial charge in [-0.05, 0) is 19.1 Å². The van der Waals surface area contributed by atoms with Crippen molar-refractivity contribution in [1.82, 2.24) is 0 Å². The Kier molecular flexibility index (Phi) is 2.80. The summed E-state index contributed by atoms with van der Waals surface area (Å²) in [5.41, 5.74) is -1.88. The van der Waals surface area contributed by atoms with E-state index in [1.54, 1.807) is 6.07 Å². The largest absolute Gasteiger partial charge is 0.417 e. The van der Waals surface area contributed by atoms with Crippen molar-refractivity contribution >= 4 is 5.78 Å². The van der Waals surface area contributed by atoms with Gasteiger partial charge in [0, 0.05) is 5.56 Å². The standard InChI is InChI=1S/C10H6F3NO/c1-6(15)9-7(5-14)3-2-4-8(9)10(11,12)13/h2-4H,1H3. The van der Waals surface area contributed by atoms with Gasteiger partial charge in [-0.25, -0.2) is 0 Å². The van der Waals surface area contributed by atoms with Crippen molar-refractivity contribution in [2.24, 2.45) is 0 Å². The van der Waals surface area contributed by atoms with E-state index in [2.05, 4.69) is 0 Å². The van der Waals surface area contributed by atoms with Crippen molar-refractivity contribution in [3.8, 4) is 6.07 Å². The van der Waals surface area contributed by atoms with E-state index >= 15 is 0 Å². The fourth-order valence-electron chi connectivity index (χ4n) is 1.26. The summed E-state index contributed by atoms with van der Waals surface area (Å²) in [5.74, 6) is -0.764. The number of halogens is 3. The second kappa shape index (κ2) is 3.73. The molecule has 0 heterocycles. The number of rotatable bonds is 1. The number of hydrogen-bond donors (Lipinski definition) is 0. The quantitative estimate of drug-likeness (QED) is 0.673. The molecule has 0 radical (unpaired) electrons. The third kappa shape index (κ3) is 2.15. The number of carbonyl (C=O) groups is 1. The van der Waals surface area contributed by atoms with Gasteiger partial charge in [-0.1, -0.05) is 6.07 Å². The van der Waals surface area contributed by atoms with Crippen LogP contribution in [0.4, 0.5) is 13.2 Å². The SMILES string of the molecule is CC(=O)c1c(C#N)cccc1C(F)(F)F. The van der Waals surface area contributed by atoms with Crippen LogP contribution in [0.1, 0.15) is 28.4 Å². The normalized spacial score (nSPS) is 10.9. The van der Waals surface area contributed by atoms with E-state index in [0.29, 0.717) is 0 Å². The third-order valence-corrected chi connectivity index (χ3v) is 1.84. The van der Waals surface area contributed by atoms with Crippen molar-refractivity contribution in [3.63, 3.8) is 0 Å². The zero-order valence-electron chi connectivity index (χ0n) is 7.72. The van der Waals surface area contributed by atoms with Crippen LogP contribution in [0.25, 0.3) is 0 Å². The molecule has 0 aliphatic heterocycles. The molecule has 0 atom stereocenters. The Morgan fingerprint density at radius 2 is 2.00 bits per heavy atom. The van der Waals surface area contributed by atoms with Gasteiger partial charge in [-0.15, -0.1) is 0 Å². The number of benzene rings is 1. The van der Waals surface area contributed by atoms with Crippen LogP contribution in [0.5, 0.6) is 0 Å². The molecule has 1 aromatic carbocycles. The number of nitriles is 1. The first-order valence-corrected chi connectivity index (χ1v) is 3.99. The van der Waals surface area contributed by atoms with Crippen molar-refractivity contribution in [3.05, 3.63) is 34.9 Å². The van der Waals surface area contributed by atoms with Crippen LogP contribution in [0, 0.1) is 11.3 Å². The zero-order chi connectivity index (χ0) is 11.6. The molecule has 0 N–H and O–H groups in total. The van der Waals surface area contributed by atoms with Gasteiger partial charge in [0.1, 0.15) is 0 Å². The molecule has 0 aromatic heterocycles. The predicted octanol–water partition coefficient (Wildman–Crippen LogP) is 2.78. The van der Waals surface area contributed by atoms with E-state index in [1.165, 1.54) is 6.07 Å². The molecule has 2 nitrogen and oxygen atoms in total. The molecule has 0 saturated heterocycles. The maximum atomic E-state index is 12.5. The van der Waals surface area contributed by atoms with Gasteiger partial charge in [0.2, 0.25) is 0 Å². The first-order valence-electron chi connectivity index (χ1n) is 3.99. The van der Waals surface area contributed by atoms with Gasteiger partial charge in [-0.3, -0.25) is 4.79 Å². The first-order chi connectivity index (χ1) is 6.88. The lowest BCUT2D eigenvalue weighted by atomic mass is 9.98. The highest BCUT2D eigenvalue weighted by molar-refractivity contribution is 5.98. The topological polar surface area (TPSA) is 40.9 Å². The molecule has 0 amide bonds. The van der Waals surface area contributed by atoms with Gasteiger partial charge < -0.3 is 0 Å². The van der Waals surface area contributed by atoms with E-state index < -0.39 is 23.1 Å². The van der Waals surface area contributed by atoms with Gasteiger partial charge in [-0.2, -0.15) is 18.4 Å². The van der Waals surface area contributed by atoms with Crippen molar-refractivity contribution in [2.45, 2.75) is 13.1 Å². The monoisotopic (exact) mass is 213 g/mol. The third-order valence-electron chi connectivity index (χ3n) is 1.84. The lowest BCUT2D eigenvalue weighted by Crippen LogP contribution is -2.13. The molecule has 0 fully saturated rings. The van der Waals surface area contributed by atoms with Crippen LogP contribution in [0.2, 0.25) is 0 Å². The van der Waals surface area contributed by atoms with E-state index in [-0.39, 0.29) is 5.56 Å². The molecule has 1 rings (SSSR count). The minimum Gasteiger partial charge on any atom is -0.294 e. The Morgan fingerprint density at radius 3 is 2.40 bits per heavy atom. The Balaban J connectivity index is 3.55. The summed E-state index contributed by atoms with van der Waals surface area (Å²) in [6, 6.07) is 4.65. The molecule has 15 heavy (non-hydrogen) atoms. The lowest BCUT2D eigenvalue weighted by Gasteiger charge is -2.11. The van der Waals surface area contributed by atoms with E-state index in [4.69, 9.17) is 5.26 Å². The van der Waals surface area contributed by atoms with E-state index in [9.17, 15) is 18.0 Å². The van der Waals surface area contributed by atoms with Crippen molar-refractivity contribution < 1.29 is 18.0 Å². The average Bonchev–Trinajstić information content (AvgIpc) is 2.15. The van der Waals surface area contributed by atoms with Crippen molar-refractivity contribution in [2.75, 3.05) is 0 Å². The summed E-state index contributed by atoms with van der Waals surface area (Å²) < 4.78 is 37.4. The summed E-state index contributed by atoms with van der Waals surface area (Å²) in [6.07, 6.45) is -4.62. The second-order valence-corrected chi connectivity index (χ2v) is 2.89. The maximum Gasteiger partial charge on any atom is 0.417 e. The summed E-state index contributed by atoms with van der Waals surface area (Å²) in [6.45, 7) is 1.01. The molecule has 78 valence electrons. The molecule has 1 aromatic rings. The minimum absolute atomic E-state index is 0.252. The van der Waals surface area contributed by atoms with Gasteiger partial charge in [0.05, 0.1) is 17.2 Å². The lowest BCUT2D eigenvalue weighted by molar-refractivity contribution is -0.137. The highest BCUT2D eigenvalue weighted by Gasteiger charge is 2.35. The molecular weight excluding hydrogens is 207 g/mol. The summed E-state index contributed by atoms with van der Waals surface area (Å²) in [5, 5.41) is 8.59. The Morgan fingerprint density at radius 1 is 1.40 bits per heavy atom. The van der Waals surface area contributed by atoms with Crippen molar-refractivity contribution in [1.29, 1.82) is 5.26 Å². The fourth-order valence-corrected chi connectivity index (χ4v) is 1.26. The number of alkyl halides is 3. The minimum atomic E-state index is -4.62. The molecule has 5 heteroatoms. The van der Waals surface area contributed by atoms with E-state index in [0.717, 1.165) is 19.1 Å². The zero-order valence-corrected chi connectivity index (χ0v) is 7.72. The predicted molar refractivity (Wildman–Crippen MR) is 46.2 cm³/mol. The average molecular weight is 213 g/mol. The number of Topliss-reactive ketones (excluding diaryl/α,β-unsaturated/α-hetero) is 1. The first kappa shape index (κ1) is 11.2. The molecule has 0 bridgehead atoms. The van der Waals surface area contributed by atoms with Crippen LogP contribution < -0.4 is 0 Å². The highest BCUT2D eigenvalue weighted by Crippen LogP contribution is 2.33.